The van der Waals surface area contributed by atoms with Gasteiger partial charge in [0, 0.05) is 10.9 Å². The van der Waals surface area contributed by atoms with E-state index in [1.165, 1.54) is 18.3 Å². The van der Waals surface area contributed by atoms with E-state index in [1.54, 1.807) is 11.4 Å². The largest absolute Gasteiger partial charge is 0.294 e. The van der Waals surface area contributed by atoms with Gasteiger partial charge >= 0.3 is 0 Å². The van der Waals surface area contributed by atoms with Gasteiger partial charge in [-0.25, -0.2) is 9.35 Å². The fourth-order valence-corrected chi connectivity index (χ4v) is 7.34. The zero-order chi connectivity index (χ0) is 15.1. The number of thiophene rings is 1. The molecule has 1 unspecified atom stereocenters. The lowest BCUT2D eigenvalue weighted by Crippen LogP contribution is -2.37. The average molecular weight is 319 g/mol. The maximum Gasteiger partial charge on any atom is 0.195 e. The molecule has 1 atom stereocenters. The Labute approximate surface area is 120 Å². The molecule has 0 saturated carbocycles. The van der Waals surface area contributed by atoms with Crippen LogP contribution in [-0.2, 0) is 9.92 Å². The first-order valence-corrected chi connectivity index (χ1v) is 11.4. The van der Waals surface area contributed by atoms with Crippen LogP contribution in [0.2, 0.25) is 18.1 Å². The Morgan fingerprint density at radius 1 is 1.42 bits per heavy atom. The molecule has 1 heterocycles. The topological polar surface area (TPSA) is 72.5 Å². The molecule has 0 aromatic carbocycles. The Hall–Kier alpha value is -0.503. The van der Waals surface area contributed by atoms with Crippen molar-refractivity contribution in [2.75, 3.05) is 0 Å². The first-order chi connectivity index (χ1) is 8.37. The lowest BCUT2D eigenvalue weighted by Gasteiger charge is -2.32. The van der Waals surface area contributed by atoms with E-state index in [2.05, 4.69) is 37.9 Å². The summed E-state index contributed by atoms with van der Waals surface area (Å²) >= 11 is 1.24. The van der Waals surface area contributed by atoms with Gasteiger partial charge < -0.3 is 0 Å². The number of hydrogen-bond acceptors (Lipinski definition) is 4. The minimum Gasteiger partial charge on any atom is -0.294 e. The molecule has 108 valence electrons. The second kappa shape index (κ2) is 5.12. The van der Waals surface area contributed by atoms with Crippen molar-refractivity contribution in [3.8, 4) is 0 Å². The van der Waals surface area contributed by atoms with E-state index in [-0.39, 0.29) is 10.8 Å². The van der Waals surface area contributed by atoms with Gasteiger partial charge in [-0.1, -0.05) is 20.8 Å². The summed E-state index contributed by atoms with van der Waals surface area (Å²) < 4.78 is 17.6. The lowest BCUT2D eigenvalue weighted by atomic mass is 10.2. The Kier molecular flexibility index (Phi) is 4.46. The maximum atomic E-state index is 12.6. The monoisotopic (exact) mass is 318 g/mol. The molecule has 0 saturated heterocycles. The van der Waals surface area contributed by atoms with Gasteiger partial charge in [0.15, 0.2) is 14.0 Å². The summed E-state index contributed by atoms with van der Waals surface area (Å²) in [5.41, 5.74) is 0.545. The molecule has 0 aliphatic carbocycles. The van der Waals surface area contributed by atoms with Crippen molar-refractivity contribution in [2.24, 2.45) is 9.17 Å². The molecule has 2 N–H and O–H groups in total. The van der Waals surface area contributed by atoms with Gasteiger partial charge in [0.2, 0.25) is 0 Å². The number of rotatable bonds is 3. The van der Waals surface area contributed by atoms with Crippen LogP contribution in [0.5, 0.6) is 0 Å². The van der Waals surface area contributed by atoms with Crippen LogP contribution < -0.4 is 5.14 Å². The Bertz CT molecular complexity index is 605. The van der Waals surface area contributed by atoms with Crippen molar-refractivity contribution in [1.82, 2.24) is 0 Å². The van der Waals surface area contributed by atoms with Gasteiger partial charge in [0.1, 0.15) is 14.1 Å². The molecule has 0 fully saturated rings. The van der Waals surface area contributed by atoms with Crippen molar-refractivity contribution in [1.29, 1.82) is 0 Å². The summed E-state index contributed by atoms with van der Waals surface area (Å²) in [4.78, 5) is 11.3. The predicted molar refractivity (Wildman–Crippen MR) is 84.5 cm³/mol. The SMILES string of the molecule is CC(=O)c1csc(S(N)(=O)=N[Si](C)(C)C(C)(C)C)c1. The fraction of sp³-hybridized carbons (Fsp3) is 0.583. The normalized spacial score (nSPS) is 15.9. The molecule has 1 aromatic heterocycles. The summed E-state index contributed by atoms with van der Waals surface area (Å²) in [5.74, 6) is -0.0509. The highest BCUT2D eigenvalue weighted by molar-refractivity contribution is 7.94. The van der Waals surface area contributed by atoms with Crippen molar-refractivity contribution >= 4 is 35.3 Å². The van der Waals surface area contributed by atoms with Gasteiger partial charge in [-0.2, -0.15) is 0 Å². The zero-order valence-electron chi connectivity index (χ0n) is 12.3. The van der Waals surface area contributed by atoms with Crippen LogP contribution in [0.1, 0.15) is 38.1 Å². The minimum absolute atomic E-state index is 0.0182. The summed E-state index contributed by atoms with van der Waals surface area (Å²) in [7, 11) is -5.01. The van der Waals surface area contributed by atoms with Crippen LogP contribution >= 0.6 is 11.3 Å². The lowest BCUT2D eigenvalue weighted by molar-refractivity contribution is 0.101. The van der Waals surface area contributed by atoms with E-state index < -0.39 is 18.2 Å². The van der Waals surface area contributed by atoms with E-state index in [9.17, 15) is 9.00 Å². The molecule has 0 aliphatic heterocycles. The summed E-state index contributed by atoms with van der Waals surface area (Å²) in [6.07, 6.45) is 0. The number of Topliss-reactive ketones (excluding diaryl/α,β-unsaturated/α-hetero) is 1. The number of nitrogens with zero attached hydrogens (tertiary/aromatic N) is 1. The van der Waals surface area contributed by atoms with E-state index in [4.69, 9.17) is 5.14 Å². The van der Waals surface area contributed by atoms with Crippen molar-refractivity contribution < 1.29 is 9.00 Å². The third kappa shape index (κ3) is 3.74. The summed E-state index contributed by atoms with van der Waals surface area (Å²) in [6.45, 7) is 11.9. The molecule has 4 nitrogen and oxygen atoms in total. The number of nitrogens with two attached hydrogens (primary N) is 1. The highest BCUT2D eigenvalue weighted by atomic mass is 32.2. The quantitative estimate of drug-likeness (QED) is 0.682. The molecule has 1 aromatic rings. The van der Waals surface area contributed by atoms with Crippen molar-refractivity contribution in [3.05, 3.63) is 17.0 Å². The Morgan fingerprint density at radius 3 is 2.32 bits per heavy atom. The average Bonchev–Trinajstić information content (AvgIpc) is 2.62. The van der Waals surface area contributed by atoms with E-state index >= 15 is 0 Å². The van der Waals surface area contributed by atoms with Crippen LogP contribution in [0.3, 0.4) is 0 Å². The first-order valence-electron chi connectivity index (χ1n) is 6.02. The third-order valence-corrected chi connectivity index (χ3v) is 12.5. The predicted octanol–water partition coefficient (Wildman–Crippen LogP) is 3.66. The molecule has 7 heteroatoms. The van der Waals surface area contributed by atoms with Gasteiger partial charge in [0.05, 0.1) is 0 Å². The Morgan fingerprint density at radius 2 is 1.95 bits per heavy atom. The van der Waals surface area contributed by atoms with Crippen LogP contribution in [0.15, 0.2) is 19.7 Å². The summed E-state index contributed by atoms with van der Waals surface area (Å²) in [6, 6.07) is 1.60. The van der Waals surface area contributed by atoms with Gasteiger partial charge in [-0.15, -0.1) is 11.3 Å². The van der Waals surface area contributed by atoms with E-state index in [1.807, 2.05) is 0 Å². The smallest absolute Gasteiger partial charge is 0.195 e. The number of carbonyl (C=O) groups excluding carboxylic acids is 1. The second-order valence-electron chi connectivity index (χ2n) is 6.18. The number of ketones is 1. The van der Waals surface area contributed by atoms with E-state index in [0.29, 0.717) is 9.77 Å². The van der Waals surface area contributed by atoms with Crippen LogP contribution in [0.25, 0.3) is 0 Å². The summed E-state index contributed by atoms with van der Waals surface area (Å²) in [5, 5.41) is 7.60. The standard InChI is InChI=1S/C12H22N2O2S2Si/c1-9(15)10-7-11(17-8-10)18(13,16)14-19(5,6)12(2,3)4/h7-8H,1-6H3,(H2,13,14,16). The van der Waals surface area contributed by atoms with Crippen LogP contribution in [0, 0.1) is 0 Å². The molecule has 0 radical (unpaired) electrons. The van der Waals surface area contributed by atoms with Gasteiger partial charge in [0.25, 0.3) is 0 Å². The molecule has 19 heavy (non-hydrogen) atoms. The molecule has 0 aliphatic rings. The number of hydrogen-bond donors (Lipinski definition) is 1. The molecule has 0 amide bonds. The maximum absolute atomic E-state index is 12.6. The van der Waals surface area contributed by atoms with Crippen molar-refractivity contribution in [2.45, 2.75) is 50.0 Å². The molecule has 0 bridgehead atoms. The van der Waals surface area contributed by atoms with Gasteiger partial charge in [-0.3, -0.25) is 8.82 Å². The number of carbonyl (C=O) groups is 1. The zero-order valence-corrected chi connectivity index (χ0v) is 14.9. The van der Waals surface area contributed by atoms with Crippen molar-refractivity contribution in [3.63, 3.8) is 0 Å². The van der Waals surface area contributed by atoms with Gasteiger partial charge in [-0.05, 0) is 31.1 Å². The third-order valence-electron chi connectivity index (χ3n) is 3.47. The molecule has 1 rings (SSSR count). The highest BCUT2D eigenvalue weighted by Gasteiger charge is 2.37. The molecular formula is C12H22N2O2S2Si. The fourth-order valence-electron chi connectivity index (χ4n) is 1.18. The minimum atomic E-state index is -2.91. The molecular weight excluding hydrogens is 296 g/mol. The highest BCUT2D eigenvalue weighted by Crippen LogP contribution is 2.38. The second-order valence-corrected chi connectivity index (χ2v) is 14.3. The van der Waals surface area contributed by atoms with Crippen LogP contribution in [0.4, 0.5) is 0 Å². The van der Waals surface area contributed by atoms with Crippen LogP contribution in [-0.4, -0.2) is 18.2 Å². The first kappa shape index (κ1) is 16.6. The molecule has 0 spiro atoms. The van der Waals surface area contributed by atoms with E-state index in [0.717, 1.165) is 0 Å². The Balaban J connectivity index is 3.30.